The number of ether oxygens (including phenoxy) is 1. The summed E-state index contributed by atoms with van der Waals surface area (Å²) in [6.07, 6.45) is 5.11. The highest BCUT2D eigenvalue weighted by atomic mass is 19.1. The number of carbonyl (C=O) groups is 2. The number of piperazine rings is 1. The van der Waals surface area contributed by atoms with Crippen LogP contribution in [-0.2, 0) is 14.4 Å². The highest BCUT2D eigenvalue weighted by molar-refractivity contribution is 5.89. The molecule has 2 aromatic rings. The maximum absolute atomic E-state index is 14.3. The van der Waals surface area contributed by atoms with Gasteiger partial charge in [0.1, 0.15) is 5.82 Å². The number of halogens is 1. The minimum absolute atomic E-state index is 0.183. The van der Waals surface area contributed by atoms with Gasteiger partial charge in [0.25, 0.3) is 0 Å². The molecule has 0 amide bonds. The molecule has 176 valence electrons. The Morgan fingerprint density at radius 2 is 1.82 bits per heavy atom. The normalized spacial score (nSPS) is 15.0. The summed E-state index contributed by atoms with van der Waals surface area (Å²) >= 11 is 0. The molecule has 0 atom stereocenters. The van der Waals surface area contributed by atoms with Crippen LogP contribution in [0.2, 0.25) is 0 Å². The van der Waals surface area contributed by atoms with Crippen molar-refractivity contribution >= 4 is 29.8 Å². The second-order valence-corrected chi connectivity index (χ2v) is 8.78. The number of rotatable bonds is 6. The summed E-state index contributed by atoms with van der Waals surface area (Å²) in [5.74, 6) is -1.28. The van der Waals surface area contributed by atoms with E-state index in [1.54, 1.807) is 36.4 Å². The first-order valence-electron chi connectivity index (χ1n) is 11.0. The fourth-order valence-electron chi connectivity index (χ4n) is 3.15. The molecule has 1 aromatic carbocycles. The number of nitrogens with zero attached hydrogens (tertiary/aromatic N) is 3. The van der Waals surface area contributed by atoms with Crippen molar-refractivity contribution in [2.45, 2.75) is 27.7 Å². The van der Waals surface area contributed by atoms with Gasteiger partial charge in [0.2, 0.25) is 0 Å². The van der Waals surface area contributed by atoms with Gasteiger partial charge in [-0.15, -0.1) is 5.06 Å². The van der Waals surface area contributed by atoms with Crippen LogP contribution < -0.4 is 4.90 Å². The van der Waals surface area contributed by atoms with Gasteiger partial charge in [-0.25, -0.2) is 14.0 Å². The lowest BCUT2D eigenvalue weighted by molar-refractivity contribution is -0.201. The van der Waals surface area contributed by atoms with Gasteiger partial charge in [-0.05, 0) is 64.1 Å². The third-order valence-electron chi connectivity index (χ3n) is 5.14. The van der Waals surface area contributed by atoms with Crippen LogP contribution in [-0.4, -0.2) is 54.8 Å². The Morgan fingerprint density at radius 1 is 1.09 bits per heavy atom. The van der Waals surface area contributed by atoms with Crippen LogP contribution >= 0.6 is 0 Å². The molecule has 1 saturated heterocycles. The van der Waals surface area contributed by atoms with E-state index in [-0.39, 0.29) is 18.1 Å². The predicted molar refractivity (Wildman–Crippen MR) is 125 cm³/mol. The summed E-state index contributed by atoms with van der Waals surface area (Å²) in [7, 11) is 0. The van der Waals surface area contributed by atoms with Gasteiger partial charge in [0.15, 0.2) is 0 Å². The molecule has 0 radical (unpaired) electrons. The third kappa shape index (κ3) is 6.61. The minimum Gasteiger partial charge on any atom is -0.462 e. The number of hydrogen-bond donors (Lipinski definition) is 0. The van der Waals surface area contributed by atoms with E-state index in [1.165, 1.54) is 12.1 Å². The number of pyridine rings is 1. The van der Waals surface area contributed by atoms with Crippen molar-refractivity contribution in [1.82, 2.24) is 10.0 Å². The van der Waals surface area contributed by atoms with Crippen molar-refractivity contribution < 1.29 is 23.6 Å². The first-order valence-corrected chi connectivity index (χ1v) is 11.0. The van der Waals surface area contributed by atoms with Crippen molar-refractivity contribution in [1.29, 1.82) is 0 Å². The molecule has 8 heteroatoms. The molecule has 0 aliphatic carbocycles. The zero-order valence-electron chi connectivity index (χ0n) is 19.5. The van der Waals surface area contributed by atoms with Gasteiger partial charge >= 0.3 is 11.9 Å². The topological polar surface area (TPSA) is 72.0 Å². The van der Waals surface area contributed by atoms with Crippen molar-refractivity contribution in [2.75, 3.05) is 37.7 Å². The standard InChI is InChI=1S/C25H30FN3O4/c1-5-32-23(30)19-7-6-18(22(26)16-19)8-9-20-10-11-21(17-27-20)28-12-14-29(15-13-28)33-24(31)25(2,3)4/h6-11,16-17H,5,12-15H2,1-4H3. The van der Waals surface area contributed by atoms with E-state index in [4.69, 9.17) is 9.57 Å². The maximum atomic E-state index is 14.3. The van der Waals surface area contributed by atoms with Crippen LogP contribution in [0.4, 0.5) is 10.1 Å². The monoisotopic (exact) mass is 455 g/mol. The molecule has 0 spiro atoms. The van der Waals surface area contributed by atoms with E-state index in [2.05, 4.69) is 9.88 Å². The summed E-state index contributed by atoms with van der Waals surface area (Å²) in [5, 5.41) is 1.70. The summed E-state index contributed by atoms with van der Waals surface area (Å²) in [4.78, 5) is 35.8. The highest BCUT2D eigenvalue weighted by Crippen LogP contribution is 2.20. The van der Waals surface area contributed by atoms with Gasteiger partial charge in [-0.1, -0.05) is 6.07 Å². The molecular weight excluding hydrogens is 425 g/mol. The molecule has 7 nitrogen and oxygen atoms in total. The molecule has 1 aromatic heterocycles. The number of anilines is 1. The van der Waals surface area contributed by atoms with E-state index in [0.29, 0.717) is 37.4 Å². The van der Waals surface area contributed by atoms with E-state index in [0.717, 1.165) is 5.69 Å². The van der Waals surface area contributed by atoms with Crippen LogP contribution in [0.1, 0.15) is 49.3 Å². The quantitative estimate of drug-likeness (QED) is 0.605. The lowest BCUT2D eigenvalue weighted by atomic mass is 9.98. The lowest BCUT2D eigenvalue weighted by Crippen LogP contribution is -2.48. The molecule has 2 heterocycles. The maximum Gasteiger partial charge on any atom is 0.338 e. The zero-order chi connectivity index (χ0) is 24.0. The van der Waals surface area contributed by atoms with Crippen molar-refractivity contribution in [3.8, 4) is 0 Å². The average molecular weight is 456 g/mol. The Balaban J connectivity index is 1.56. The molecular formula is C25H30FN3O4. The average Bonchev–Trinajstić information content (AvgIpc) is 2.78. The van der Waals surface area contributed by atoms with Gasteiger partial charge in [0, 0.05) is 18.7 Å². The Bertz CT molecular complexity index is 1010. The third-order valence-corrected chi connectivity index (χ3v) is 5.14. The van der Waals surface area contributed by atoms with Gasteiger partial charge < -0.3 is 14.5 Å². The van der Waals surface area contributed by atoms with Crippen LogP contribution in [0.3, 0.4) is 0 Å². The largest absolute Gasteiger partial charge is 0.462 e. The molecule has 1 aliphatic rings. The minimum atomic E-state index is -0.544. The molecule has 1 fully saturated rings. The van der Waals surface area contributed by atoms with Gasteiger partial charge in [-0.2, -0.15) is 0 Å². The van der Waals surface area contributed by atoms with Crippen molar-refractivity contribution in [3.63, 3.8) is 0 Å². The summed E-state index contributed by atoms with van der Waals surface area (Å²) < 4.78 is 19.2. The Kier molecular flexibility index (Phi) is 7.81. The van der Waals surface area contributed by atoms with E-state index in [1.807, 2.05) is 32.9 Å². The molecule has 0 unspecified atom stereocenters. The highest BCUT2D eigenvalue weighted by Gasteiger charge is 2.28. The number of esters is 1. The van der Waals surface area contributed by atoms with E-state index in [9.17, 15) is 14.0 Å². The SMILES string of the molecule is CCOC(=O)c1ccc(C=Cc2ccc(N3CCN(OC(=O)C(C)(C)C)CC3)cn2)c(F)c1. The van der Waals surface area contributed by atoms with Gasteiger partial charge in [-0.3, -0.25) is 4.98 Å². The molecule has 0 saturated carbocycles. The van der Waals surface area contributed by atoms with Crippen molar-refractivity contribution in [3.05, 3.63) is 59.2 Å². The molecule has 3 rings (SSSR count). The smallest absolute Gasteiger partial charge is 0.338 e. The summed E-state index contributed by atoms with van der Waals surface area (Å²) in [6, 6.07) is 8.08. The van der Waals surface area contributed by atoms with E-state index < -0.39 is 17.2 Å². The number of benzene rings is 1. The second-order valence-electron chi connectivity index (χ2n) is 8.78. The van der Waals surface area contributed by atoms with Crippen LogP contribution in [0, 0.1) is 11.2 Å². The number of aromatic nitrogens is 1. The van der Waals surface area contributed by atoms with E-state index >= 15 is 0 Å². The Hall–Kier alpha value is -3.26. The molecule has 0 N–H and O–H groups in total. The number of hydroxylamine groups is 2. The van der Waals surface area contributed by atoms with Crippen molar-refractivity contribution in [2.24, 2.45) is 5.41 Å². The first kappa shape index (κ1) is 24.4. The zero-order valence-corrected chi connectivity index (χ0v) is 19.5. The molecule has 0 bridgehead atoms. The first-order chi connectivity index (χ1) is 15.7. The molecule has 1 aliphatic heterocycles. The fraction of sp³-hybridized carbons (Fsp3) is 0.400. The van der Waals surface area contributed by atoms with Crippen LogP contribution in [0.5, 0.6) is 0 Å². The summed E-state index contributed by atoms with van der Waals surface area (Å²) in [6.45, 7) is 10.1. The Labute approximate surface area is 193 Å². The molecule has 33 heavy (non-hydrogen) atoms. The summed E-state index contributed by atoms with van der Waals surface area (Å²) in [5.41, 5.74) is 1.66. The fourth-order valence-corrected chi connectivity index (χ4v) is 3.15. The van der Waals surface area contributed by atoms with Crippen LogP contribution in [0.15, 0.2) is 36.5 Å². The Morgan fingerprint density at radius 3 is 2.39 bits per heavy atom. The second kappa shape index (κ2) is 10.6. The predicted octanol–water partition coefficient (Wildman–Crippen LogP) is 4.19. The number of carbonyl (C=O) groups excluding carboxylic acids is 2. The lowest BCUT2D eigenvalue weighted by Gasteiger charge is -2.35. The van der Waals surface area contributed by atoms with Gasteiger partial charge in [0.05, 0.1) is 48.3 Å². The number of hydrogen-bond acceptors (Lipinski definition) is 7. The van der Waals surface area contributed by atoms with Crippen LogP contribution in [0.25, 0.3) is 12.2 Å².